The summed E-state index contributed by atoms with van der Waals surface area (Å²) in [5.74, 6) is 1.64. The van der Waals surface area contributed by atoms with Crippen molar-refractivity contribution in [3.05, 3.63) is 69.7 Å². The Hall–Kier alpha value is -2.36. The highest BCUT2D eigenvalue weighted by Gasteiger charge is 2.46. The van der Waals surface area contributed by atoms with Crippen molar-refractivity contribution in [2.24, 2.45) is 0 Å². The van der Waals surface area contributed by atoms with Crippen LogP contribution in [0, 0.1) is 0 Å². The molecule has 1 aromatic heterocycles. The van der Waals surface area contributed by atoms with Gasteiger partial charge in [0.25, 0.3) is 0 Å². The molecular weight excluding hydrogens is 496 g/mol. The second-order valence-corrected chi connectivity index (χ2v) is 11.1. The van der Waals surface area contributed by atoms with Crippen molar-refractivity contribution in [2.45, 2.75) is 24.4 Å². The van der Waals surface area contributed by atoms with Gasteiger partial charge in [0, 0.05) is 55.9 Å². The number of nitrogens with zero attached hydrogens (tertiary/aromatic N) is 3. The largest absolute Gasteiger partial charge is 0.454 e. The van der Waals surface area contributed by atoms with Crippen LogP contribution in [-0.4, -0.2) is 68.0 Å². The van der Waals surface area contributed by atoms with Gasteiger partial charge < -0.3 is 19.5 Å². The summed E-state index contributed by atoms with van der Waals surface area (Å²) in [7, 11) is 1.76. The van der Waals surface area contributed by atoms with Crippen LogP contribution in [0.1, 0.15) is 34.9 Å². The molecule has 2 aromatic carbocycles. The lowest BCUT2D eigenvalue weighted by Gasteiger charge is -2.39. The van der Waals surface area contributed by atoms with Crippen LogP contribution in [0.2, 0.25) is 5.02 Å². The quantitative estimate of drug-likeness (QED) is 0.422. The minimum atomic E-state index is -0.0943. The maximum Gasteiger partial charge on any atom is 0.231 e. The average Bonchev–Trinajstić information content (AvgIpc) is 3.30. The van der Waals surface area contributed by atoms with Gasteiger partial charge in [0.2, 0.25) is 6.79 Å². The lowest BCUT2D eigenvalue weighted by molar-refractivity contribution is 0.0839. The highest BCUT2D eigenvalue weighted by atomic mass is 35.5. The Balaban J connectivity index is 1.23. The molecule has 7 nitrogen and oxygen atoms in total. The van der Waals surface area contributed by atoms with Crippen molar-refractivity contribution in [2.75, 3.05) is 58.6 Å². The van der Waals surface area contributed by atoms with Crippen molar-refractivity contribution in [1.29, 1.82) is 0 Å². The first-order chi connectivity index (χ1) is 17.6. The molecule has 0 bridgehead atoms. The van der Waals surface area contributed by atoms with Crippen LogP contribution in [0.25, 0.3) is 0 Å². The molecule has 2 aliphatic heterocycles. The first-order valence-corrected chi connectivity index (χ1v) is 13.7. The van der Waals surface area contributed by atoms with E-state index in [0.29, 0.717) is 6.79 Å². The summed E-state index contributed by atoms with van der Waals surface area (Å²) >= 11 is 8.46. The Kier molecular flexibility index (Phi) is 6.79. The highest BCUT2D eigenvalue weighted by Crippen LogP contribution is 2.51. The number of methoxy groups -OCH3 is 1. The molecule has 3 aliphatic rings. The third-order valence-electron chi connectivity index (χ3n) is 7.40. The smallest absolute Gasteiger partial charge is 0.231 e. The number of fused-ring (bicyclic) bond motifs is 1. The topological polar surface area (TPSA) is 59.1 Å². The number of thiazole rings is 1. The third kappa shape index (κ3) is 4.80. The molecule has 3 heterocycles. The number of aromatic nitrogens is 1. The molecule has 190 valence electrons. The zero-order valence-corrected chi connectivity index (χ0v) is 22.0. The molecule has 1 saturated heterocycles. The van der Waals surface area contributed by atoms with Gasteiger partial charge in [-0.3, -0.25) is 9.80 Å². The van der Waals surface area contributed by atoms with Crippen LogP contribution in [-0.2, 0) is 10.3 Å². The molecule has 0 amide bonds. The van der Waals surface area contributed by atoms with E-state index in [9.17, 15) is 0 Å². The Morgan fingerprint density at radius 3 is 2.69 bits per heavy atom. The van der Waals surface area contributed by atoms with Gasteiger partial charge in [0.05, 0.1) is 18.2 Å². The molecule has 6 rings (SSSR count). The van der Waals surface area contributed by atoms with Gasteiger partial charge >= 0.3 is 0 Å². The van der Waals surface area contributed by atoms with Gasteiger partial charge in [0.1, 0.15) is 0 Å². The summed E-state index contributed by atoms with van der Waals surface area (Å²) in [6, 6.07) is 14.5. The SMILES string of the molecule is COCCN1CCN(C(c2cnc(NC3(c4ccc5c(c4)OCO5)CC3)s2)c2ccccc2Cl)CC1. The summed E-state index contributed by atoms with van der Waals surface area (Å²) < 4.78 is 16.4. The Morgan fingerprint density at radius 2 is 1.92 bits per heavy atom. The van der Waals surface area contributed by atoms with Gasteiger partial charge in [0.15, 0.2) is 16.6 Å². The summed E-state index contributed by atoms with van der Waals surface area (Å²) in [6.45, 7) is 6.01. The minimum Gasteiger partial charge on any atom is -0.454 e. The second-order valence-electron chi connectivity index (χ2n) is 9.64. The van der Waals surface area contributed by atoms with Crippen molar-refractivity contribution in [3.8, 4) is 11.5 Å². The lowest BCUT2D eigenvalue weighted by atomic mass is 10.0. The first kappa shape index (κ1) is 24.0. The van der Waals surface area contributed by atoms with Crippen LogP contribution in [0.3, 0.4) is 0 Å². The van der Waals surface area contributed by atoms with Crippen molar-refractivity contribution in [3.63, 3.8) is 0 Å². The maximum absolute atomic E-state index is 6.73. The molecule has 9 heteroatoms. The number of halogens is 1. The third-order valence-corrected chi connectivity index (χ3v) is 8.71. The standard InChI is InChI=1S/C27H31ClN4O3S/c1-33-15-14-31-10-12-32(13-11-31)25(20-4-2-3-5-21(20)28)24-17-29-26(36-24)30-27(8-9-27)19-6-7-22-23(16-19)35-18-34-22/h2-7,16-17,25H,8-15,18H2,1H3,(H,29,30). The number of benzene rings is 2. The van der Waals surface area contributed by atoms with Gasteiger partial charge in [-0.05, 0) is 42.2 Å². The van der Waals surface area contributed by atoms with E-state index in [2.05, 4.69) is 39.4 Å². The minimum absolute atomic E-state index is 0.0806. The summed E-state index contributed by atoms with van der Waals surface area (Å²) in [5, 5.41) is 5.49. The van der Waals surface area contributed by atoms with E-state index in [1.807, 2.05) is 24.4 Å². The number of ether oxygens (including phenoxy) is 3. The molecule has 1 atom stereocenters. The number of hydrogen-bond donors (Lipinski definition) is 1. The van der Waals surface area contributed by atoms with Gasteiger partial charge in [-0.2, -0.15) is 0 Å². The van der Waals surface area contributed by atoms with Crippen LogP contribution < -0.4 is 14.8 Å². The number of piperazine rings is 1. The summed E-state index contributed by atoms with van der Waals surface area (Å²) in [5.41, 5.74) is 2.26. The van der Waals surface area contributed by atoms with Crippen molar-refractivity contribution >= 4 is 28.1 Å². The van der Waals surface area contributed by atoms with Gasteiger partial charge in [-0.15, -0.1) is 11.3 Å². The summed E-state index contributed by atoms with van der Waals surface area (Å²) in [4.78, 5) is 11.0. The van der Waals surface area contributed by atoms with Gasteiger partial charge in [-0.1, -0.05) is 35.9 Å². The normalized spacial score (nSPS) is 19.8. The van der Waals surface area contributed by atoms with Crippen LogP contribution in [0.5, 0.6) is 11.5 Å². The first-order valence-electron chi connectivity index (χ1n) is 12.5. The molecule has 36 heavy (non-hydrogen) atoms. The van der Waals surface area contributed by atoms with Crippen molar-refractivity contribution in [1.82, 2.24) is 14.8 Å². The van der Waals surface area contributed by atoms with E-state index < -0.39 is 0 Å². The number of nitrogens with one attached hydrogen (secondary N) is 1. The van der Waals surface area contributed by atoms with E-state index in [0.717, 1.165) is 79.4 Å². The zero-order valence-electron chi connectivity index (χ0n) is 20.4. The fraction of sp³-hybridized carbons (Fsp3) is 0.444. The zero-order chi connectivity index (χ0) is 24.5. The molecule has 1 saturated carbocycles. The second kappa shape index (κ2) is 10.2. The van der Waals surface area contributed by atoms with E-state index in [4.69, 9.17) is 30.8 Å². The Morgan fingerprint density at radius 1 is 1.11 bits per heavy atom. The molecule has 2 fully saturated rings. The fourth-order valence-corrected chi connectivity index (χ4v) is 6.48. The molecule has 0 radical (unpaired) electrons. The molecule has 1 aliphatic carbocycles. The average molecular weight is 527 g/mol. The van der Waals surface area contributed by atoms with E-state index in [-0.39, 0.29) is 11.6 Å². The Labute approximate surface area is 220 Å². The fourth-order valence-electron chi connectivity index (χ4n) is 5.17. The highest BCUT2D eigenvalue weighted by molar-refractivity contribution is 7.15. The molecule has 1 unspecified atom stereocenters. The lowest BCUT2D eigenvalue weighted by Crippen LogP contribution is -2.48. The van der Waals surface area contributed by atoms with Crippen LogP contribution in [0.4, 0.5) is 5.13 Å². The van der Waals surface area contributed by atoms with Crippen LogP contribution >= 0.6 is 22.9 Å². The van der Waals surface area contributed by atoms with Crippen LogP contribution in [0.15, 0.2) is 48.7 Å². The predicted octanol–water partition coefficient (Wildman–Crippen LogP) is 4.98. The Bertz CT molecular complexity index is 1210. The van der Waals surface area contributed by atoms with E-state index in [1.165, 1.54) is 10.4 Å². The van der Waals surface area contributed by atoms with E-state index in [1.54, 1.807) is 18.4 Å². The number of hydrogen-bond acceptors (Lipinski definition) is 8. The number of anilines is 1. The maximum atomic E-state index is 6.73. The van der Waals surface area contributed by atoms with Crippen molar-refractivity contribution < 1.29 is 14.2 Å². The van der Waals surface area contributed by atoms with Gasteiger partial charge in [-0.25, -0.2) is 4.98 Å². The number of rotatable bonds is 9. The molecule has 3 aromatic rings. The molecule has 0 spiro atoms. The summed E-state index contributed by atoms with van der Waals surface area (Å²) in [6.07, 6.45) is 4.16. The molecule has 1 N–H and O–H groups in total. The predicted molar refractivity (Wildman–Crippen MR) is 142 cm³/mol. The molecular formula is C27H31ClN4O3S. The van der Waals surface area contributed by atoms with E-state index >= 15 is 0 Å². The monoisotopic (exact) mass is 526 g/mol.